The Bertz CT molecular complexity index is 760. The molecule has 0 spiro atoms. The van der Waals surface area contributed by atoms with E-state index in [9.17, 15) is 8.78 Å². The maximum atomic E-state index is 13.4. The Morgan fingerprint density at radius 3 is 2.20 bits per heavy atom. The molecule has 1 heterocycles. The van der Waals surface area contributed by atoms with E-state index < -0.39 is 0 Å². The molecule has 0 aliphatic rings. The third-order valence-corrected chi connectivity index (χ3v) is 4.49. The SMILES string of the molecule is CN(C)c1sc2cc(F)ccc2c1-c1ccc(F)cc1. The highest BCUT2D eigenvalue weighted by atomic mass is 32.1. The number of hydrogen-bond acceptors (Lipinski definition) is 2. The maximum Gasteiger partial charge on any atom is 0.124 e. The molecule has 0 fully saturated rings. The zero-order valence-electron chi connectivity index (χ0n) is 11.2. The topological polar surface area (TPSA) is 3.24 Å². The van der Waals surface area contributed by atoms with Crippen LogP contribution in [0.5, 0.6) is 0 Å². The minimum atomic E-state index is -0.259. The first kappa shape index (κ1) is 13.1. The molecule has 0 bridgehead atoms. The molecule has 20 heavy (non-hydrogen) atoms. The van der Waals surface area contributed by atoms with E-state index in [-0.39, 0.29) is 11.6 Å². The summed E-state index contributed by atoms with van der Waals surface area (Å²) >= 11 is 1.54. The highest BCUT2D eigenvalue weighted by Gasteiger charge is 2.16. The van der Waals surface area contributed by atoms with Gasteiger partial charge in [0.05, 0.1) is 5.00 Å². The molecule has 0 amide bonds. The van der Waals surface area contributed by atoms with Crippen LogP contribution in [0.15, 0.2) is 42.5 Å². The molecule has 0 aliphatic heterocycles. The largest absolute Gasteiger partial charge is 0.369 e. The van der Waals surface area contributed by atoms with E-state index in [4.69, 9.17) is 0 Å². The van der Waals surface area contributed by atoms with Crippen LogP contribution in [0.2, 0.25) is 0 Å². The number of thiophene rings is 1. The van der Waals surface area contributed by atoms with Crippen molar-refractivity contribution in [1.29, 1.82) is 0 Å². The zero-order valence-corrected chi connectivity index (χ0v) is 12.0. The second-order valence-corrected chi connectivity index (χ2v) is 5.85. The van der Waals surface area contributed by atoms with Crippen molar-refractivity contribution in [3.63, 3.8) is 0 Å². The fourth-order valence-corrected chi connectivity index (χ4v) is 3.44. The summed E-state index contributed by atoms with van der Waals surface area (Å²) in [5.74, 6) is -0.500. The Kier molecular flexibility index (Phi) is 3.18. The normalized spacial score (nSPS) is 11.0. The minimum absolute atomic E-state index is 0.241. The van der Waals surface area contributed by atoms with Gasteiger partial charge < -0.3 is 4.90 Å². The molecular weight excluding hydrogens is 276 g/mol. The lowest BCUT2D eigenvalue weighted by atomic mass is 10.0. The summed E-state index contributed by atoms with van der Waals surface area (Å²) in [7, 11) is 3.90. The smallest absolute Gasteiger partial charge is 0.124 e. The van der Waals surface area contributed by atoms with Gasteiger partial charge in [0.1, 0.15) is 11.6 Å². The molecule has 0 unspecified atom stereocenters. The van der Waals surface area contributed by atoms with Crippen molar-refractivity contribution in [2.45, 2.75) is 0 Å². The van der Waals surface area contributed by atoms with E-state index in [1.807, 2.05) is 19.0 Å². The first-order chi connectivity index (χ1) is 9.56. The van der Waals surface area contributed by atoms with Crippen molar-refractivity contribution in [2.24, 2.45) is 0 Å². The van der Waals surface area contributed by atoms with Crippen molar-refractivity contribution in [3.8, 4) is 11.1 Å². The van der Waals surface area contributed by atoms with Crippen molar-refractivity contribution >= 4 is 26.4 Å². The average Bonchev–Trinajstić information content (AvgIpc) is 2.78. The quantitative estimate of drug-likeness (QED) is 0.647. The van der Waals surface area contributed by atoms with Crippen molar-refractivity contribution < 1.29 is 8.78 Å². The molecule has 2 aromatic carbocycles. The Hall–Kier alpha value is -1.94. The number of benzene rings is 2. The van der Waals surface area contributed by atoms with Gasteiger partial charge in [-0.15, -0.1) is 11.3 Å². The summed E-state index contributed by atoms with van der Waals surface area (Å²) in [6.45, 7) is 0. The van der Waals surface area contributed by atoms with Gasteiger partial charge in [-0.2, -0.15) is 0 Å². The maximum absolute atomic E-state index is 13.4. The predicted molar refractivity (Wildman–Crippen MR) is 81.5 cm³/mol. The molecule has 102 valence electrons. The van der Waals surface area contributed by atoms with Crippen LogP contribution in [0.3, 0.4) is 0 Å². The number of anilines is 1. The number of hydrogen-bond donors (Lipinski definition) is 0. The first-order valence-electron chi connectivity index (χ1n) is 6.21. The molecule has 0 radical (unpaired) electrons. The van der Waals surface area contributed by atoms with Gasteiger partial charge in [-0.3, -0.25) is 0 Å². The molecule has 3 aromatic rings. The van der Waals surface area contributed by atoms with E-state index in [1.54, 1.807) is 24.3 Å². The molecule has 1 aromatic heterocycles. The zero-order chi connectivity index (χ0) is 14.3. The van der Waals surface area contributed by atoms with E-state index in [2.05, 4.69) is 0 Å². The summed E-state index contributed by atoms with van der Waals surface area (Å²) < 4.78 is 27.4. The third-order valence-electron chi connectivity index (χ3n) is 3.17. The fourth-order valence-electron chi connectivity index (χ4n) is 2.27. The summed E-state index contributed by atoms with van der Waals surface area (Å²) in [6, 6.07) is 11.2. The van der Waals surface area contributed by atoms with Gasteiger partial charge in [-0.1, -0.05) is 12.1 Å². The molecule has 0 saturated heterocycles. The lowest BCUT2D eigenvalue weighted by Gasteiger charge is -2.13. The standard InChI is InChI=1S/C16H13F2NS/c1-19(2)16-15(10-3-5-11(17)6-4-10)13-8-7-12(18)9-14(13)20-16/h3-9H,1-2H3. The van der Waals surface area contributed by atoms with Crippen LogP contribution in [0.25, 0.3) is 21.2 Å². The van der Waals surface area contributed by atoms with Gasteiger partial charge in [0.2, 0.25) is 0 Å². The highest BCUT2D eigenvalue weighted by molar-refractivity contribution is 7.23. The molecule has 4 heteroatoms. The van der Waals surface area contributed by atoms with E-state index in [1.165, 1.54) is 29.5 Å². The van der Waals surface area contributed by atoms with Gasteiger partial charge in [-0.25, -0.2) is 8.78 Å². The molecule has 0 atom stereocenters. The minimum Gasteiger partial charge on any atom is -0.369 e. The fraction of sp³-hybridized carbons (Fsp3) is 0.125. The molecule has 0 aliphatic carbocycles. The number of nitrogens with zero attached hydrogens (tertiary/aromatic N) is 1. The highest BCUT2D eigenvalue weighted by Crippen LogP contribution is 2.44. The van der Waals surface area contributed by atoms with Crippen LogP contribution in [0.4, 0.5) is 13.8 Å². The molecule has 1 nitrogen and oxygen atoms in total. The summed E-state index contributed by atoms with van der Waals surface area (Å²) in [5.41, 5.74) is 1.96. The van der Waals surface area contributed by atoms with Crippen LogP contribution in [0, 0.1) is 11.6 Å². The van der Waals surface area contributed by atoms with E-state index in [0.29, 0.717) is 0 Å². The molecule has 0 saturated carbocycles. The van der Waals surface area contributed by atoms with Crippen molar-refractivity contribution in [2.75, 3.05) is 19.0 Å². The Morgan fingerprint density at radius 1 is 0.900 bits per heavy atom. The van der Waals surface area contributed by atoms with Gasteiger partial charge >= 0.3 is 0 Å². The van der Waals surface area contributed by atoms with Crippen LogP contribution in [0.1, 0.15) is 0 Å². The third kappa shape index (κ3) is 2.16. The van der Waals surface area contributed by atoms with Gasteiger partial charge in [-0.05, 0) is 35.9 Å². The van der Waals surface area contributed by atoms with Crippen molar-refractivity contribution in [3.05, 3.63) is 54.1 Å². The second kappa shape index (κ2) is 4.87. The number of fused-ring (bicyclic) bond motifs is 1. The van der Waals surface area contributed by atoms with Crippen LogP contribution >= 0.6 is 11.3 Å². The predicted octanol–water partition coefficient (Wildman–Crippen LogP) is 4.91. The number of rotatable bonds is 2. The van der Waals surface area contributed by atoms with E-state index in [0.717, 1.165) is 26.2 Å². The van der Waals surface area contributed by atoms with Crippen molar-refractivity contribution in [1.82, 2.24) is 0 Å². The van der Waals surface area contributed by atoms with Crippen LogP contribution in [-0.2, 0) is 0 Å². The lowest BCUT2D eigenvalue weighted by Crippen LogP contribution is -2.07. The van der Waals surface area contributed by atoms with Crippen LogP contribution in [-0.4, -0.2) is 14.1 Å². The molecule has 0 N–H and O–H groups in total. The Morgan fingerprint density at radius 2 is 1.55 bits per heavy atom. The Balaban J connectivity index is 2.31. The Labute approximate surface area is 120 Å². The average molecular weight is 289 g/mol. The van der Waals surface area contributed by atoms with Crippen LogP contribution < -0.4 is 4.90 Å². The van der Waals surface area contributed by atoms with Gasteiger partial charge in [0, 0.05) is 29.7 Å². The second-order valence-electron chi connectivity index (χ2n) is 4.82. The summed E-state index contributed by atoms with van der Waals surface area (Å²) in [4.78, 5) is 2.00. The number of halogens is 2. The lowest BCUT2D eigenvalue weighted by molar-refractivity contribution is 0.628. The van der Waals surface area contributed by atoms with Gasteiger partial charge in [0.25, 0.3) is 0 Å². The monoisotopic (exact) mass is 289 g/mol. The molecular formula is C16H13F2NS. The van der Waals surface area contributed by atoms with E-state index >= 15 is 0 Å². The summed E-state index contributed by atoms with van der Waals surface area (Å²) in [5, 5.41) is 2.03. The summed E-state index contributed by atoms with van der Waals surface area (Å²) in [6.07, 6.45) is 0. The first-order valence-corrected chi connectivity index (χ1v) is 7.03. The van der Waals surface area contributed by atoms with Gasteiger partial charge in [0.15, 0.2) is 0 Å². The molecule has 3 rings (SSSR count).